The Morgan fingerprint density at radius 2 is 1.64 bits per heavy atom. The van der Waals surface area contributed by atoms with Crippen LogP contribution in [0.15, 0.2) is 18.2 Å². The summed E-state index contributed by atoms with van der Waals surface area (Å²) >= 11 is 0. The smallest absolute Gasteiger partial charge is 0.335 e. The lowest BCUT2D eigenvalue weighted by molar-refractivity contribution is 0.0696. The molecule has 0 heterocycles. The summed E-state index contributed by atoms with van der Waals surface area (Å²) in [5.41, 5.74) is 0.971. The molecule has 0 radical (unpaired) electrons. The average molecular weight is 354 g/mol. The third kappa shape index (κ3) is 7.84. The molecule has 10 heteroatoms. The minimum atomic E-state index is -4.35. The fourth-order valence-electron chi connectivity index (χ4n) is 1.43. The second kappa shape index (κ2) is 8.02. The number of rotatable bonds is 4. The predicted molar refractivity (Wildman–Crippen MR) is 81.3 cm³/mol. The van der Waals surface area contributed by atoms with Crippen molar-refractivity contribution in [3.63, 3.8) is 0 Å². The van der Waals surface area contributed by atoms with Gasteiger partial charge in [-0.3, -0.25) is 9.13 Å². The first kappa shape index (κ1) is 21.0. The number of aromatic carboxylic acids is 1. The molecule has 0 spiro atoms. The molecule has 1 aromatic carbocycles. The summed E-state index contributed by atoms with van der Waals surface area (Å²) in [6, 6.07) is 5.28. The maximum absolute atomic E-state index is 10.6. The van der Waals surface area contributed by atoms with Gasteiger partial charge in [0.15, 0.2) is 0 Å². The van der Waals surface area contributed by atoms with Crippen LogP contribution in [-0.2, 0) is 9.13 Å². The van der Waals surface area contributed by atoms with E-state index in [1.807, 2.05) is 19.9 Å². The molecule has 0 bridgehead atoms. The van der Waals surface area contributed by atoms with E-state index in [9.17, 15) is 13.9 Å². The van der Waals surface area contributed by atoms with Crippen LogP contribution < -0.4 is 0 Å². The highest BCUT2D eigenvalue weighted by molar-refractivity contribution is 7.56. The van der Waals surface area contributed by atoms with Crippen molar-refractivity contribution in [2.45, 2.75) is 26.4 Å². The topological polar surface area (TPSA) is 152 Å². The van der Waals surface area contributed by atoms with E-state index >= 15 is 0 Å². The van der Waals surface area contributed by atoms with E-state index in [0.717, 1.165) is 18.1 Å². The highest BCUT2D eigenvalue weighted by Gasteiger charge is 2.30. The average Bonchev–Trinajstić information content (AvgIpc) is 2.29. The number of carboxylic acids is 1. The van der Waals surface area contributed by atoms with Crippen molar-refractivity contribution in [3.8, 4) is 0 Å². The van der Waals surface area contributed by atoms with Gasteiger partial charge >= 0.3 is 21.2 Å². The molecule has 1 atom stereocenters. The lowest BCUT2D eigenvalue weighted by Gasteiger charge is -2.13. The van der Waals surface area contributed by atoms with Gasteiger partial charge in [-0.05, 0) is 31.0 Å². The van der Waals surface area contributed by atoms with Crippen molar-refractivity contribution >= 4 is 21.2 Å². The number of carbonyl (C=O) groups is 1. The van der Waals surface area contributed by atoms with Crippen LogP contribution in [0.1, 0.15) is 28.4 Å². The molecule has 22 heavy (non-hydrogen) atoms. The van der Waals surface area contributed by atoms with Crippen molar-refractivity contribution in [2.24, 2.45) is 0 Å². The fourth-order valence-corrected chi connectivity index (χ4v) is 3.61. The first-order valence-corrected chi connectivity index (χ1v) is 9.63. The molecule has 0 aliphatic rings. The van der Waals surface area contributed by atoms with Crippen LogP contribution in [0.3, 0.4) is 0 Å². The van der Waals surface area contributed by atoms with Gasteiger partial charge in [-0.25, -0.2) is 4.79 Å². The van der Waals surface area contributed by atoms with Crippen molar-refractivity contribution in [2.75, 3.05) is 6.16 Å². The monoisotopic (exact) mass is 354 g/mol. The van der Waals surface area contributed by atoms with Crippen molar-refractivity contribution in [3.05, 3.63) is 34.9 Å². The van der Waals surface area contributed by atoms with Crippen molar-refractivity contribution in [1.29, 1.82) is 0 Å². The highest BCUT2D eigenvalue weighted by atomic mass is 31.2. The number of aryl methyl sites for hydroxylation is 1. The van der Waals surface area contributed by atoms with Crippen LogP contribution in [0.4, 0.5) is 0 Å². The summed E-state index contributed by atoms with van der Waals surface area (Å²) in [5, 5.41) is 8.69. The van der Waals surface area contributed by atoms with E-state index in [0.29, 0.717) is 5.56 Å². The molecule has 0 fully saturated rings. The Kier molecular flexibility index (Phi) is 7.65. The van der Waals surface area contributed by atoms with Gasteiger partial charge in [0.05, 0.1) is 17.4 Å². The summed E-state index contributed by atoms with van der Waals surface area (Å²) in [6.45, 7) is 4.82. The lowest BCUT2D eigenvalue weighted by Crippen LogP contribution is -2.09. The second-order valence-electron chi connectivity index (χ2n) is 4.84. The predicted octanol–water partition coefficient (Wildman–Crippen LogP) is 1.73. The van der Waals surface area contributed by atoms with E-state index in [2.05, 4.69) is 0 Å². The summed E-state index contributed by atoms with van der Waals surface area (Å²) in [6.07, 6.45) is -0.780. The summed E-state index contributed by atoms with van der Waals surface area (Å²) in [7, 11) is -8.66. The molecule has 0 saturated heterocycles. The molecule has 5 N–H and O–H groups in total. The Bertz CT molecular complexity index is 616. The molecule has 1 rings (SSSR count). The largest absolute Gasteiger partial charge is 0.478 e. The van der Waals surface area contributed by atoms with Crippen LogP contribution in [0.2, 0.25) is 0 Å². The van der Waals surface area contributed by atoms with E-state index < -0.39 is 33.0 Å². The first-order valence-electron chi connectivity index (χ1n) is 6.15. The number of carboxylic acid groups (broad SMARTS) is 1. The number of benzene rings is 1. The highest BCUT2D eigenvalue weighted by Crippen LogP contribution is 2.48. The van der Waals surface area contributed by atoms with Crippen molar-refractivity contribution in [1.82, 2.24) is 0 Å². The lowest BCUT2D eigenvalue weighted by atomic mass is 10.0. The molecule has 0 aliphatic heterocycles. The van der Waals surface area contributed by atoms with Crippen LogP contribution in [0.5, 0.6) is 0 Å². The number of hydrogen-bond donors (Lipinski definition) is 5. The number of hydrogen-bond acceptors (Lipinski definition) is 3. The Morgan fingerprint density at radius 3 is 1.91 bits per heavy atom. The summed E-state index contributed by atoms with van der Waals surface area (Å²) in [4.78, 5) is 44.0. The van der Waals surface area contributed by atoms with Gasteiger partial charge in [0.1, 0.15) is 0 Å². The Morgan fingerprint density at radius 1 is 1.14 bits per heavy atom. The third-order valence-electron chi connectivity index (χ3n) is 2.91. The van der Waals surface area contributed by atoms with Crippen LogP contribution in [-0.4, -0.2) is 42.5 Å². The summed E-state index contributed by atoms with van der Waals surface area (Å²) in [5.74, 6) is -0.855. The van der Waals surface area contributed by atoms with E-state index in [1.165, 1.54) is 0 Å². The van der Waals surface area contributed by atoms with Gasteiger partial charge in [-0.2, -0.15) is 0 Å². The minimum absolute atomic E-state index is 0.394. The Hall–Kier alpha value is -1.01. The molecule has 126 valence electrons. The zero-order valence-electron chi connectivity index (χ0n) is 12.4. The molecule has 0 aromatic heterocycles. The molecule has 1 unspecified atom stereocenters. The molecule has 0 amide bonds. The first-order chi connectivity index (χ1) is 9.75. The zero-order chi connectivity index (χ0) is 17.7. The van der Waals surface area contributed by atoms with Crippen LogP contribution >= 0.6 is 15.2 Å². The van der Waals surface area contributed by atoms with Crippen LogP contribution in [0.25, 0.3) is 0 Å². The molecular weight excluding hydrogens is 334 g/mol. The van der Waals surface area contributed by atoms with Gasteiger partial charge in [-0.15, -0.1) is 0 Å². The summed E-state index contributed by atoms with van der Waals surface area (Å²) < 4.78 is 20.6. The standard InChI is InChI=1S/C9H10O2.C3H10O6P2/c1-6-4-3-5-8(7(6)2)9(10)11;1-3(11(7,8)9)2-10(4,5)6/h3-5H,1-2H3,(H,10,11);3H,2H2,1H3,(H2,4,5,6)(H2,7,8,9). The molecule has 0 aliphatic carbocycles. The Labute approximate surface area is 128 Å². The minimum Gasteiger partial charge on any atom is -0.478 e. The second-order valence-corrected chi connectivity index (χ2v) is 8.59. The molecule has 0 saturated carbocycles. The Balaban J connectivity index is 0.000000401. The van der Waals surface area contributed by atoms with Gasteiger partial charge in [-0.1, -0.05) is 19.1 Å². The third-order valence-corrected chi connectivity index (χ3v) is 5.55. The van der Waals surface area contributed by atoms with Gasteiger partial charge < -0.3 is 24.7 Å². The zero-order valence-corrected chi connectivity index (χ0v) is 14.2. The SMILES string of the molecule is CC(CP(=O)(O)O)P(=O)(O)O.Cc1cccc(C(=O)O)c1C. The van der Waals surface area contributed by atoms with Crippen molar-refractivity contribution < 1.29 is 38.6 Å². The molecule has 8 nitrogen and oxygen atoms in total. The van der Waals surface area contributed by atoms with Gasteiger partial charge in [0.25, 0.3) is 0 Å². The van der Waals surface area contributed by atoms with E-state index in [-0.39, 0.29) is 0 Å². The fraction of sp³-hybridized carbons (Fsp3) is 0.417. The van der Waals surface area contributed by atoms with Gasteiger partial charge in [0.2, 0.25) is 0 Å². The normalized spacial score (nSPS) is 13.0. The quantitative estimate of drug-likeness (QED) is 0.513. The van der Waals surface area contributed by atoms with E-state index in [4.69, 9.17) is 24.7 Å². The van der Waals surface area contributed by atoms with Gasteiger partial charge in [0, 0.05) is 0 Å². The molecular formula is C12H20O8P2. The van der Waals surface area contributed by atoms with E-state index in [1.54, 1.807) is 12.1 Å². The molecule has 1 aromatic rings. The maximum Gasteiger partial charge on any atom is 0.335 e. The van der Waals surface area contributed by atoms with Crippen LogP contribution in [0, 0.1) is 13.8 Å². The maximum atomic E-state index is 10.6.